The molecule has 1 aromatic carbocycles. The summed E-state index contributed by atoms with van der Waals surface area (Å²) in [5.74, 6) is 0.445. The van der Waals surface area contributed by atoms with Crippen LogP contribution in [0.3, 0.4) is 0 Å². The molecule has 1 fully saturated rings. The Labute approximate surface area is 152 Å². The van der Waals surface area contributed by atoms with Crippen molar-refractivity contribution in [3.63, 3.8) is 0 Å². The van der Waals surface area contributed by atoms with E-state index in [9.17, 15) is 4.79 Å². The molecule has 0 amide bonds. The molecule has 1 aliphatic carbocycles. The molecule has 1 saturated carbocycles. The molecule has 1 aliphatic rings. The maximum atomic E-state index is 12.6. The van der Waals surface area contributed by atoms with E-state index < -0.39 is 0 Å². The van der Waals surface area contributed by atoms with Crippen molar-refractivity contribution in [2.75, 3.05) is 0 Å². The molecule has 4 heteroatoms. The second kappa shape index (κ2) is 7.56. The van der Waals surface area contributed by atoms with E-state index in [0.29, 0.717) is 5.92 Å². The number of rotatable bonds is 2. The second-order valence-corrected chi connectivity index (χ2v) is 6.82. The van der Waals surface area contributed by atoms with Crippen LogP contribution in [0.1, 0.15) is 43.6 Å². The summed E-state index contributed by atoms with van der Waals surface area (Å²) in [6.45, 7) is 0. The summed E-state index contributed by atoms with van der Waals surface area (Å²) in [5.41, 5.74) is 2.82. The standard InChI is InChI=1S/C22H23N3O/c26-22-20-19(17-11-7-6-8-12-17)15-25(21(20)23-16-24-22)18-13-9-4-2-1-3-5-10-14-18/h1-5,9-10,13-17H,6-8,11-12H2,(H,23,24,26). The van der Waals surface area contributed by atoms with Gasteiger partial charge in [0.2, 0.25) is 0 Å². The molecule has 0 atom stereocenters. The van der Waals surface area contributed by atoms with Crippen LogP contribution in [0.25, 0.3) is 16.7 Å². The van der Waals surface area contributed by atoms with E-state index in [1.54, 1.807) is 0 Å². The summed E-state index contributed by atoms with van der Waals surface area (Å²) < 4.78 is 2.05. The molecule has 0 unspecified atom stereocenters. The first kappa shape index (κ1) is 16.6. The van der Waals surface area contributed by atoms with Crippen LogP contribution in [-0.2, 0) is 0 Å². The number of nitrogens with zero attached hydrogens (tertiary/aromatic N) is 2. The molecule has 0 saturated heterocycles. The largest absolute Gasteiger partial charge is 0.312 e. The lowest BCUT2D eigenvalue weighted by atomic mass is 9.84. The van der Waals surface area contributed by atoms with Crippen molar-refractivity contribution < 1.29 is 0 Å². The molecule has 1 N–H and O–H groups in total. The molecule has 0 spiro atoms. The third-order valence-electron chi connectivity index (χ3n) is 5.14. The van der Waals surface area contributed by atoms with Crippen LogP contribution < -0.4 is 5.56 Å². The molecule has 132 valence electrons. The van der Waals surface area contributed by atoms with Crippen LogP contribution in [0, 0.1) is 0 Å². The van der Waals surface area contributed by atoms with Crippen molar-refractivity contribution in [1.29, 1.82) is 0 Å². The Kier molecular flexibility index (Phi) is 4.82. The maximum absolute atomic E-state index is 12.6. The zero-order valence-corrected chi connectivity index (χ0v) is 14.8. The first-order chi connectivity index (χ1) is 12.8. The number of fused-ring (bicyclic) bond motifs is 1. The van der Waals surface area contributed by atoms with Gasteiger partial charge in [-0.25, -0.2) is 4.98 Å². The number of aromatic nitrogens is 3. The molecule has 0 bridgehead atoms. The zero-order valence-electron chi connectivity index (χ0n) is 14.8. The van der Waals surface area contributed by atoms with Crippen molar-refractivity contribution in [3.8, 4) is 5.69 Å². The van der Waals surface area contributed by atoms with Gasteiger partial charge in [0, 0.05) is 11.9 Å². The van der Waals surface area contributed by atoms with Crippen molar-refractivity contribution in [2.45, 2.75) is 38.0 Å². The highest BCUT2D eigenvalue weighted by molar-refractivity contribution is 5.81. The molecular formula is C22H23N3O. The average molecular weight is 345 g/mol. The van der Waals surface area contributed by atoms with Gasteiger partial charge >= 0.3 is 0 Å². The molecule has 3 aromatic rings. The van der Waals surface area contributed by atoms with Gasteiger partial charge in [-0.1, -0.05) is 61.7 Å². The molecule has 4 nitrogen and oxygen atoms in total. The topological polar surface area (TPSA) is 50.7 Å². The molecular weight excluding hydrogens is 322 g/mol. The maximum Gasteiger partial charge on any atom is 0.260 e. The molecule has 2 aromatic heterocycles. The average Bonchev–Trinajstić information content (AvgIpc) is 3.08. The van der Waals surface area contributed by atoms with Crippen LogP contribution >= 0.6 is 0 Å². The monoisotopic (exact) mass is 345 g/mol. The Morgan fingerprint density at radius 3 is 2.27 bits per heavy atom. The predicted molar refractivity (Wildman–Crippen MR) is 105 cm³/mol. The van der Waals surface area contributed by atoms with E-state index in [4.69, 9.17) is 0 Å². The van der Waals surface area contributed by atoms with E-state index in [1.165, 1.54) is 25.6 Å². The normalized spacial score (nSPS) is 14.9. The fourth-order valence-electron chi connectivity index (χ4n) is 3.86. The number of nitrogens with one attached hydrogen (secondary N) is 1. The van der Waals surface area contributed by atoms with Crippen molar-refractivity contribution in [3.05, 3.63) is 83.0 Å². The highest BCUT2D eigenvalue weighted by Crippen LogP contribution is 2.36. The van der Waals surface area contributed by atoms with E-state index in [2.05, 4.69) is 20.7 Å². The quantitative estimate of drug-likeness (QED) is 0.719. The minimum atomic E-state index is -0.0443. The highest BCUT2D eigenvalue weighted by Gasteiger charge is 2.23. The van der Waals surface area contributed by atoms with Crippen molar-refractivity contribution in [2.24, 2.45) is 0 Å². The number of H-pyrrole nitrogens is 1. The van der Waals surface area contributed by atoms with E-state index in [1.807, 2.05) is 54.6 Å². The number of aromatic amines is 1. The van der Waals surface area contributed by atoms with Crippen LogP contribution in [-0.4, -0.2) is 14.5 Å². The van der Waals surface area contributed by atoms with Gasteiger partial charge in [-0.3, -0.25) is 4.79 Å². The summed E-state index contributed by atoms with van der Waals surface area (Å²) in [6.07, 6.45) is 9.68. The van der Waals surface area contributed by atoms with Gasteiger partial charge in [-0.05, 0) is 36.5 Å². The summed E-state index contributed by atoms with van der Waals surface area (Å²) >= 11 is 0. The van der Waals surface area contributed by atoms with Gasteiger partial charge in [-0.15, -0.1) is 0 Å². The minimum Gasteiger partial charge on any atom is -0.312 e. The van der Waals surface area contributed by atoms with Gasteiger partial charge in [-0.2, -0.15) is 0 Å². The zero-order chi connectivity index (χ0) is 17.8. The fraction of sp³-hybridized carbons (Fsp3) is 0.273. The van der Waals surface area contributed by atoms with Crippen molar-refractivity contribution >= 4 is 11.0 Å². The first-order valence-electron chi connectivity index (χ1n) is 9.32. The van der Waals surface area contributed by atoms with Crippen molar-refractivity contribution in [1.82, 2.24) is 14.5 Å². The molecule has 26 heavy (non-hydrogen) atoms. The number of hydrogen-bond donors (Lipinski definition) is 1. The van der Waals surface area contributed by atoms with Gasteiger partial charge in [0.25, 0.3) is 5.56 Å². The third-order valence-corrected chi connectivity index (χ3v) is 5.14. The Bertz CT molecular complexity index is 986. The van der Waals surface area contributed by atoms with Gasteiger partial charge < -0.3 is 9.55 Å². The first-order valence-corrected chi connectivity index (χ1v) is 9.32. The van der Waals surface area contributed by atoms with E-state index in [0.717, 1.165) is 35.1 Å². The van der Waals surface area contributed by atoms with Crippen LogP contribution in [0.15, 0.2) is 71.9 Å². The molecule has 0 aliphatic heterocycles. The third kappa shape index (κ3) is 3.27. The summed E-state index contributed by atoms with van der Waals surface area (Å²) in [5, 5.41) is 0.741. The Morgan fingerprint density at radius 1 is 0.923 bits per heavy atom. The van der Waals surface area contributed by atoms with Crippen LogP contribution in [0.2, 0.25) is 0 Å². The van der Waals surface area contributed by atoms with Gasteiger partial charge in [0.1, 0.15) is 0 Å². The van der Waals surface area contributed by atoms with E-state index in [-0.39, 0.29) is 5.56 Å². The number of hydrogen-bond acceptors (Lipinski definition) is 2. The Morgan fingerprint density at radius 2 is 1.58 bits per heavy atom. The van der Waals surface area contributed by atoms with Gasteiger partial charge in [0.05, 0.1) is 11.7 Å². The van der Waals surface area contributed by atoms with Gasteiger partial charge in [0.15, 0.2) is 5.65 Å². The summed E-state index contributed by atoms with van der Waals surface area (Å²) in [6, 6.07) is 18.1. The minimum absolute atomic E-state index is 0.0443. The Balaban J connectivity index is 1.94. The lowest BCUT2D eigenvalue weighted by Crippen LogP contribution is -2.10. The molecule has 0 radical (unpaired) electrons. The predicted octanol–water partition coefficient (Wildman–Crippen LogP) is 4.89. The smallest absolute Gasteiger partial charge is 0.260 e. The van der Waals surface area contributed by atoms with Crippen LogP contribution in [0.4, 0.5) is 0 Å². The molecule has 4 rings (SSSR count). The fourth-order valence-corrected chi connectivity index (χ4v) is 3.86. The lowest BCUT2D eigenvalue weighted by molar-refractivity contribution is 0.445. The Hall–Kier alpha value is -2.88. The summed E-state index contributed by atoms with van der Waals surface area (Å²) in [4.78, 5) is 19.8. The highest BCUT2D eigenvalue weighted by atomic mass is 16.1. The van der Waals surface area contributed by atoms with Crippen LogP contribution in [0.5, 0.6) is 0 Å². The second-order valence-electron chi connectivity index (χ2n) is 6.82. The summed E-state index contributed by atoms with van der Waals surface area (Å²) in [7, 11) is 0. The van der Waals surface area contributed by atoms with E-state index >= 15 is 0 Å². The lowest BCUT2D eigenvalue weighted by Gasteiger charge is -2.20. The molecule has 2 heterocycles. The SMILES string of the molecule is O=c1[nH]cnc2c1c(C1CCCCC1)cn2-c1ccccccccc1.